The summed E-state index contributed by atoms with van der Waals surface area (Å²) in [6.45, 7) is 8.39. The normalized spacial score (nSPS) is 11.6. The Hall–Kier alpha value is -0.990. The van der Waals surface area contributed by atoms with E-state index in [0.29, 0.717) is 17.6 Å². The number of aromatic nitrogens is 2. The molecule has 1 aromatic rings. The van der Waals surface area contributed by atoms with Crippen molar-refractivity contribution in [2.45, 2.75) is 40.0 Å². The summed E-state index contributed by atoms with van der Waals surface area (Å²) >= 11 is 0. The fourth-order valence-corrected chi connectivity index (χ4v) is 1.75. The van der Waals surface area contributed by atoms with Crippen LogP contribution in [0.3, 0.4) is 0 Å². The van der Waals surface area contributed by atoms with Gasteiger partial charge in [-0.2, -0.15) is 5.10 Å². The molecule has 0 amide bonds. The molecule has 3 heteroatoms. The summed E-state index contributed by atoms with van der Waals surface area (Å²) in [6.07, 6.45) is 0.840. The van der Waals surface area contributed by atoms with E-state index in [-0.39, 0.29) is 0 Å². The first-order valence-corrected chi connectivity index (χ1v) is 5.18. The van der Waals surface area contributed by atoms with Gasteiger partial charge in [-0.05, 0) is 18.3 Å². The van der Waals surface area contributed by atoms with Crippen molar-refractivity contribution in [2.24, 2.45) is 13.0 Å². The van der Waals surface area contributed by atoms with Crippen molar-refractivity contribution in [3.05, 3.63) is 11.4 Å². The minimum absolute atomic E-state index is 0.313. The van der Waals surface area contributed by atoms with Crippen LogP contribution >= 0.6 is 0 Å². The van der Waals surface area contributed by atoms with Crippen LogP contribution in [-0.4, -0.2) is 14.9 Å². The predicted octanol–water partition coefficient (Wildman–Crippen LogP) is 2.45. The second-order valence-corrected chi connectivity index (χ2v) is 4.56. The highest BCUT2D eigenvalue weighted by Gasteiger charge is 2.17. The van der Waals surface area contributed by atoms with Gasteiger partial charge in [0.05, 0.1) is 5.69 Å². The Kier molecular flexibility index (Phi) is 3.19. The van der Waals surface area contributed by atoms with Crippen LogP contribution < -0.4 is 0 Å². The molecule has 0 radical (unpaired) electrons. The number of nitrogens with zero attached hydrogens (tertiary/aromatic N) is 2. The van der Waals surface area contributed by atoms with E-state index in [2.05, 4.69) is 32.8 Å². The van der Waals surface area contributed by atoms with E-state index in [9.17, 15) is 5.11 Å². The molecule has 14 heavy (non-hydrogen) atoms. The van der Waals surface area contributed by atoms with Crippen LogP contribution in [0, 0.1) is 5.92 Å². The summed E-state index contributed by atoms with van der Waals surface area (Å²) in [4.78, 5) is 0. The molecule has 3 nitrogen and oxygen atoms in total. The molecule has 80 valence electrons. The SMILES string of the molecule is CC(C)Cc1nn(C)c(C(C)C)c1O. The molecule has 0 aromatic carbocycles. The molecule has 0 unspecified atom stereocenters. The third-order valence-corrected chi connectivity index (χ3v) is 2.28. The maximum absolute atomic E-state index is 9.95. The Bertz CT molecular complexity index is 313. The fraction of sp³-hybridized carbons (Fsp3) is 0.727. The van der Waals surface area contributed by atoms with Crippen molar-refractivity contribution in [3.8, 4) is 5.75 Å². The summed E-state index contributed by atoms with van der Waals surface area (Å²) in [5, 5.41) is 14.3. The Balaban J connectivity index is 3.04. The van der Waals surface area contributed by atoms with Crippen molar-refractivity contribution in [1.29, 1.82) is 0 Å². The molecule has 0 aliphatic rings. The molecule has 1 N–H and O–H groups in total. The first-order valence-electron chi connectivity index (χ1n) is 5.18. The topological polar surface area (TPSA) is 38.0 Å². The number of aryl methyl sites for hydroxylation is 1. The van der Waals surface area contributed by atoms with Crippen LogP contribution in [0.2, 0.25) is 0 Å². The van der Waals surface area contributed by atoms with Gasteiger partial charge in [-0.15, -0.1) is 0 Å². The maximum atomic E-state index is 9.95. The van der Waals surface area contributed by atoms with Gasteiger partial charge in [0.15, 0.2) is 5.75 Å². The van der Waals surface area contributed by atoms with Gasteiger partial charge in [-0.3, -0.25) is 4.68 Å². The van der Waals surface area contributed by atoms with Crippen molar-refractivity contribution >= 4 is 0 Å². The Morgan fingerprint density at radius 1 is 1.29 bits per heavy atom. The second kappa shape index (κ2) is 4.03. The van der Waals surface area contributed by atoms with E-state index in [0.717, 1.165) is 17.8 Å². The van der Waals surface area contributed by atoms with Crippen molar-refractivity contribution in [2.75, 3.05) is 0 Å². The van der Waals surface area contributed by atoms with Crippen molar-refractivity contribution < 1.29 is 5.11 Å². The molecule has 0 aliphatic heterocycles. The lowest BCUT2D eigenvalue weighted by Crippen LogP contribution is -2.00. The summed E-state index contributed by atoms with van der Waals surface area (Å²) in [6, 6.07) is 0. The smallest absolute Gasteiger partial charge is 0.160 e. The summed E-state index contributed by atoms with van der Waals surface area (Å²) in [5.41, 5.74) is 1.76. The Morgan fingerprint density at radius 2 is 1.86 bits per heavy atom. The number of rotatable bonds is 3. The fourth-order valence-electron chi connectivity index (χ4n) is 1.75. The number of hydrogen-bond acceptors (Lipinski definition) is 2. The monoisotopic (exact) mass is 196 g/mol. The number of aromatic hydroxyl groups is 1. The minimum Gasteiger partial charge on any atom is -0.504 e. The summed E-state index contributed by atoms with van der Waals surface area (Å²) < 4.78 is 1.79. The van der Waals surface area contributed by atoms with Crippen LogP contribution in [0.4, 0.5) is 0 Å². The van der Waals surface area contributed by atoms with Gasteiger partial charge < -0.3 is 5.11 Å². The molecular formula is C11H20N2O. The average molecular weight is 196 g/mol. The van der Waals surface area contributed by atoms with Crippen molar-refractivity contribution in [3.63, 3.8) is 0 Å². The molecule has 0 spiro atoms. The van der Waals surface area contributed by atoms with Crippen molar-refractivity contribution in [1.82, 2.24) is 9.78 Å². The van der Waals surface area contributed by atoms with E-state index < -0.39 is 0 Å². The molecule has 0 saturated heterocycles. The summed E-state index contributed by atoms with van der Waals surface area (Å²) in [5.74, 6) is 1.22. The van der Waals surface area contributed by atoms with Gasteiger partial charge in [0, 0.05) is 7.05 Å². The molecule has 0 atom stereocenters. The van der Waals surface area contributed by atoms with E-state index in [1.54, 1.807) is 4.68 Å². The first kappa shape index (κ1) is 11.1. The molecule has 0 aliphatic carbocycles. The predicted molar refractivity (Wildman–Crippen MR) is 57.5 cm³/mol. The van der Waals surface area contributed by atoms with Crippen LogP contribution in [0.25, 0.3) is 0 Å². The highest BCUT2D eigenvalue weighted by molar-refractivity contribution is 5.34. The lowest BCUT2D eigenvalue weighted by Gasteiger charge is -2.05. The zero-order valence-corrected chi connectivity index (χ0v) is 9.70. The van der Waals surface area contributed by atoms with E-state index in [4.69, 9.17) is 0 Å². The zero-order valence-electron chi connectivity index (χ0n) is 9.70. The molecule has 1 rings (SSSR count). The maximum Gasteiger partial charge on any atom is 0.160 e. The van der Waals surface area contributed by atoms with E-state index in [1.165, 1.54) is 0 Å². The molecular weight excluding hydrogens is 176 g/mol. The highest BCUT2D eigenvalue weighted by Crippen LogP contribution is 2.29. The van der Waals surface area contributed by atoms with Gasteiger partial charge in [0.2, 0.25) is 0 Å². The van der Waals surface area contributed by atoms with Gasteiger partial charge in [0.25, 0.3) is 0 Å². The second-order valence-electron chi connectivity index (χ2n) is 4.56. The van der Waals surface area contributed by atoms with Gasteiger partial charge in [-0.25, -0.2) is 0 Å². The minimum atomic E-state index is 0.313. The zero-order chi connectivity index (χ0) is 10.9. The largest absolute Gasteiger partial charge is 0.504 e. The Labute approximate surface area is 85.8 Å². The van der Waals surface area contributed by atoms with Gasteiger partial charge >= 0.3 is 0 Å². The van der Waals surface area contributed by atoms with Gasteiger partial charge in [-0.1, -0.05) is 27.7 Å². The van der Waals surface area contributed by atoms with Crippen LogP contribution in [-0.2, 0) is 13.5 Å². The van der Waals surface area contributed by atoms with Crippen LogP contribution in [0.5, 0.6) is 5.75 Å². The van der Waals surface area contributed by atoms with Gasteiger partial charge in [0.1, 0.15) is 5.69 Å². The molecule has 1 aromatic heterocycles. The van der Waals surface area contributed by atoms with Crippen LogP contribution in [0.1, 0.15) is 45.0 Å². The third-order valence-electron chi connectivity index (χ3n) is 2.28. The van der Waals surface area contributed by atoms with Crippen LogP contribution in [0.15, 0.2) is 0 Å². The quantitative estimate of drug-likeness (QED) is 0.806. The first-order chi connectivity index (χ1) is 6.43. The third kappa shape index (κ3) is 2.08. The molecule has 0 bridgehead atoms. The average Bonchev–Trinajstić information content (AvgIpc) is 2.25. The number of hydrogen-bond donors (Lipinski definition) is 1. The lowest BCUT2D eigenvalue weighted by atomic mass is 10.0. The highest BCUT2D eigenvalue weighted by atomic mass is 16.3. The standard InChI is InChI=1S/C11H20N2O/c1-7(2)6-9-11(14)10(8(3)4)13(5)12-9/h7-8,14H,6H2,1-5H3. The summed E-state index contributed by atoms with van der Waals surface area (Å²) in [7, 11) is 1.89. The molecule has 0 saturated carbocycles. The molecule has 0 fully saturated rings. The lowest BCUT2D eigenvalue weighted by molar-refractivity contribution is 0.451. The van der Waals surface area contributed by atoms with E-state index in [1.807, 2.05) is 7.05 Å². The Morgan fingerprint density at radius 3 is 2.21 bits per heavy atom. The van der Waals surface area contributed by atoms with E-state index >= 15 is 0 Å². The molecule has 1 heterocycles.